The van der Waals surface area contributed by atoms with Crippen molar-refractivity contribution in [3.05, 3.63) is 35.9 Å². The molecule has 2 rings (SSSR count). The van der Waals surface area contributed by atoms with Crippen molar-refractivity contribution in [2.75, 3.05) is 0 Å². The molecule has 1 aliphatic rings. The highest BCUT2D eigenvalue weighted by Gasteiger charge is 2.22. The van der Waals surface area contributed by atoms with E-state index < -0.39 is 0 Å². The van der Waals surface area contributed by atoms with Gasteiger partial charge >= 0.3 is 0 Å². The lowest BCUT2D eigenvalue weighted by atomic mass is 9.98. The Bertz CT molecular complexity index is 242. The fourth-order valence-electron chi connectivity index (χ4n) is 2.04. The minimum Gasteiger partial charge on any atom is -0.328 e. The number of nitrogens with two attached hydrogens (primary N) is 1. The van der Waals surface area contributed by atoms with E-state index in [-0.39, 0.29) is 0 Å². The van der Waals surface area contributed by atoms with E-state index in [0.29, 0.717) is 6.04 Å². The summed E-state index contributed by atoms with van der Waals surface area (Å²) >= 11 is 0. The van der Waals surface area contributed by atoms with Gasteiger partial charge in [0.2, 0.25) is 0 Å². The third-order valence-corrected chi connectivity index (χ3v) is 2.74. The van der Waals surface area contributed by atoms with E-state index in [4.69, 9.17) is 5.73 Å². The van der Waals surface area contributed by atoms with Crippen LogP contribution in [-0.4, -0.2) is 6.04 Å². The van der Waals surface area contributed by atoms with Gasteiger partial charge in [0.1, 0.15) is 0 Å². The average molecular weight is 161 g/mol. The summed E-state index contributed by atoms with van der Waals surface area (Å²) in [6.07, 6.45) is 3.63. The first-order chi connectivity index (χ1) is 5.86. The van der Waals surface area contributed by atoms with Crippen molar-refractivity contribution in [2.45, 2.75) is 31.2 Å². The summed E-state index contributed by atoms with van der Waals surface area (Å²) in [5, 5.41) is 0. The van der Waals surface area contributed by atoms with Crippen molar-refractivity contribution in [1.29, 1.82) is 0 Å². The van der Waals surface area contributed by atoms with Crippen LogP contribution >= 0.6 is 0 Å². The van der Waals surface area contributed by atoms with Crippen LogP contribution < -0.4 is 5.73 Å². The van der Waals surface area contributed by atoms with Crippen molar-refractivity contribution < 1.29 is 0 Å². The molecule has 0 aromatic heterocycles. The maximum Gasteiger partial charge on any atom is 0.00448 e. The zero-order valence-electron chi connectivity index (χ0n) is 7.24. The summed E-state index contributed by atoms with van der Waals surface area (Å²) in [4.78, 5) is 0. The molecular weight excluding hydrogens is 146 g/mol. The van der Waals surface area contributed by atoms with Crippen LogP contribution in [0, 0.1) is 0 Å². The van der Waals surface area contributed by atoms with Gasteiger partial charge in [0, 0.05) is 6.04 Å². The lowest BCUT2D eigenvalue weighted by Crippen LogP contribution is -2.14. The topological polar surface area (TPSA) is 26.0 Å². The Labute approximate surface area is 73.6 Å². The van der Waals surface area contributed by atoms with E-state index in [9.17, 15) is 0 Å². The molecule has 1 aromatic carbocycles. The van der Waals surface area contributed by atoms with E-state index in [1.165, 1.54) is 24.8 Å². The Balaban J connectivity index is 2.11. The van der Waals surface area contributed by atoms with Crippen LogP contribution in [0.25, 0.3) is 0 Å². The van der Waals surface area contributed by atoms with Gasteiger partial charge in [-0.15, -0.1) is 0 Å². The first-order valence-corrected chi connectivity index (χ1v) is 4.67. The maximum atomic E-state index is 5.86. The molecule has 1 unspecified atom stereocenters. The number of hydrogen-bond donors (Lipinski definition) is 1. The summed E-state index contributed by atoms with van der Waals surface area (Å²) in [6, 6.07) is 11.2. The van der Waals surface area contributed by atoms with Gasteiger partial charge in [-0.3, -0.25) is 0 Å². The molecule has 0 aliphatic heterocycles. The fourth-order valence-corrected chi connectivity index (χ4v) is 2.04. The molecule has 0 radical (unpaired) electrons. The van der Waals surface area contributed by atoms with Crippen LogP contribution in [0.1, 0.15) is 30.7 Å². The summed E-state index contributed by atoms with van der Waals surface area (Å²) in [5.74, 6) is 0.723. The van der Waals surface area contributed by atoms with Crippen LogP contribution in [0.4, 0.5) is 0 Å². The van der Waals surface area contributed by atoms with E-state index >= 15 is 0 Å². The van der Waals surface area contributed by atoms with Gasteiger partial charge in [0.25, 0.3) is 0 Å². The van der Waals surface area contributed by atoms with Crippen LogP contribution in [0.15, 0.2) is 30.3 Å². The standard InChI is InChI=1S/C11H15N/c12-11-7-6-10(8-11)9-4-2-1-3-5-9/h1-5,10-11H,6-8,12H2/t10-,11?/m0/s1. The first kappa shape index (κ1) is 7.81. The Hall–Kier alpha value is -0.820. The van der Waals surface area contributed by atoms with Crippen molar-refractivity contribution in [3.63, 3.8) is 0 Å². The molecule has 1 fully saturated rings. The molecule has 1 nitrogen and oxygen atoms in total. The Morgan fingerprint density at radius 2 is 1.83 bits per heavy atom. The van der Waals surface area contributed by atoms with Crippen LogP contribution in [-0.2, 0) is 0 Å². The second kappa shape index (κ2) is 3.28. The summed E-state index contributed by atoms with van der Waals surface area (Å²) < 4.78 is 0. The predicted molar refractivity (Wildman–Crippen MR) is 51.0 cm³/mol. The van der Waals surface area contributed by atoms with E-state index in [0.717, 1.165) is 5.92 Å². The molecular formula is C11H15N. The van der Waals surface area contributed by atoms with Crippen molar-refractivity contribution in [2.24, 2.45) is 5.73 Å². The van der Waals surface area contributed by atoms with Crippen molar-refractivity contribution in [1.82, 2.24) is 0 Å². The minimum atomic E-state index is 0.440. The predicted octanol–water partition coefficient (Wildman–Crippen LogP) is 2.28. The molecule has 2 atom stereocenters. The molecule has 1 aliphatic carbocycles. The number of benzene rings is 1. The molecule has 0 saturated heterocycles. The number of hydrogen-bond acceptors (Lipinski definition) is 1. The van der Waals surface area contributed by atoms with Crippen LogP contribution in [0.5, 0.6) is 0 Å². The molecule has 0 spiro atoms. The van der Waals surface area contributed by atoms with Gasteiger partial charge in [0.05, 0.1) is 0 Å². The summed E-state index contributed by atoms with van der Waals surface area (Å²) in [7, 11) is 0. The number of rotatable bonds is 1. The highest BCUT2D eigenvalue weighted by Crippen LogP contribution is 2.32. The molecule has 0 bridgehead atoms. The summed E-state index contributed by atoms with van der Waals surface area (Å²) in [5.41, 5.74) is 7.33. The van der Waals surface area contributed by atoms with Gasteiger partial charge < -0.3 is 5.73 Å². The Morgan fingerprint density at radius 3 is 2.42 bits per heavy atom. The van der Waals surface area contributed by atoms with Crippen LogP contribution in [0.2, 0.25) is 0 Å². The quantitative estimate of drug-likeness (QED) is 0.672. The third kappa shape index (κ3) is 1.51. The second-order valence-electron chi connectivity index (χ2n) is 3.68. The van der Waals surface area contributed by atoms with Gasteiger partial charge in [-0.25, -0.2) is 0 Å². The molecule has 0 heterocycles. The molecule has 1 aromatic rings. The smallest absolute Gasteiger partial charge is 0.00448 e. The Kier molecular flexibility index (Phi) is 2.13. The zero-order chi connectivity index (χ0) is 8.39. The molecule has 1 heteroatoms. The van der Waals surface area contributed by atoms with Gasteiger partial charge in [-0.1, -0.05) is 30.3 Å². The average Bonchev–Trinajstić information content (AvgIpc) is 2.54. The molecule has 64 valence electrons. The van der Waals surface area contributed by atoms with Gasteiger partial charge in [0.15, 0.2) is 0 Å². The summed E-state index contributed by atoms with van der Waals surface area (Å²) in [6.45, 7) is 0. The molecule has 2 N–H and O–H groups in total. The second-order valence-corrected chi connectivity index (χ2v) is 3.68. The lowest BCUT2D eigenvalue weighted by molar-refractivity contribution is 0.675. The molecule has 1 saturated carbocycles. The first-order valence-electron chi connectivity index (χ1n) is 4.67. The van der Waals surface area contributed by atoms with Crippen molar-refractivity contribution in [3.8, 4) is 0 Å². The third-order valence-electron chi connectivity index (χ3n) is 2.74. The normalized spacial score (nSPS) is 29.1. The van der Waals surface area contributed by atoms with E-state index in [2.05, 4.69) is 30.3 Å². The van der Waals surface area contributed by atoms with Crippen molar-refractivity contribution >= 4 is 0 Å². The highest BCUT2D eigenvalue weighted by molar-refractivity contribution is 5.20. The Morgan fingerprint density at radius 1 is 1.08 bits per heavy atom. The van der Waals surface area contributed by atoms with Crippen LogP contribution in [0.3, 0.4) is 0 Å². The molecule has 0 amide bonds. The van der Waals surface area contributed by atoms with E-state index in [1.54, 1.807) is 0 Å². The largest absolute Gasteiger partial charge is 0.328 e. The van der Waals surface area contributed by atoms with Gasteiger partial charge in [-0.2, -0.15) is 0 Å². The van der Waals surface area contributed by atoms with Gasteiger partial charge in [-0.05, 0) is 30.7 Å². The minimum absolute atomic E-state index is 0.440. The lowest BCUT2D eigenvalue weighted by Gasteiger charge is -2.08. The highest BCUT2D eigenvalue weighted by atomic mass is 14.6. The van der Waals surface area contributed by atoms with E-state index in [1.807, 2.05) is 0 Å². The monoisotopic (exact) mass is 161 g/mol. The zero-order valence-corrected chi connectivity index (χ0v) is 7.24. The maximum absolute atomic E-state index is 5.86. The SMILES string of the molecule is NC1CC[C@H](c2ccccc2)C1. The fraction of sp³-hybridized carbons (Fsp3) is 0.455. The molecule has 12 heavy (non-hydrogen) atoms.